The Labute approximate surface area is 135 Å². The molecule has 0 aromatic carbocycles. The molecule has 5 nitrogen and oxygen atoms in total. The zero-order valence-electron chi connectivity index (χ0n) is 12.2. The summed E-state index contributed by atoms with van der Waals surface area (Å²) in [6.45, 7) is 6.33. The summed E-state index contributed by atoms with van der Waals surface area (Å²) in [5, 5.41) is 5.05. The fourth-order valence-electron chi connectivity index (χ4n) is 2.80. The zero-order chi connectivity index (χ0) is 13.9. The summed E-state index contributed by atoms with van der Waals surface area (Å²) in [4.78, 5) is 7.87. The molecule has 1 fully saturated rings. The average molecular weight is 328 g/mol. The fourth-order valence-corrected chi connectivity index (χ4v) is 3.53. The lowest BCUT2D eigenvalue weighted by molar-refractivity contribution is 0.206. The van der Waals surface area contributed by atoms with Crippen molar-refractivity contribution in [1.29, 1.82) is 0 Å². The molecule has 0 atom stereocenters. The van der Waals surface area contributed by atoms with E-state index < -0.39 is 0 Å². The van der Waals surface area contributed by atoms with Gasteiger partial charge in [-0.25, -0.2) is 4.98 Å². The van der Waals surface area contributed by atoms with Gasteiger partial charge in [0.05, 0.1) is 6.20 Å². The third-order valence-corrected chi connectivity index (χ3v) is 4.80. The standard InChI is InChI=1S/C14H21N5S.ClH/c1-2-19-9-12(7-17-19)11-3-5-18(6-4-11)10-13-8-16-14(15)20-13;/h7-9,11H,2-6,10H2,1H3,(H2,15,16);1H. The molecule has 7 heteroatoms. The summed E-state index contributed by atoms with van der Waals surface area (Å²) >= 11 is 1.60. The summed E-state index contributed by atoms with van der Waals surface area (Å²) in [5.41, 5.74) is 7.07. The Morgan fingerprint density at radius 1 is 1.33 bits per heavy atom. The molecule has 3 rings (SSSR count). The first-order valence-corrected chi connectivity index (χ1v) is 8.01. The average Bonchev–Trinajstić information content (AvgIpc) is 3.09. The molecule has 0 amide bonds. The van der Waals surface area contributed by atoms with Crippen LogP contribution in [0.5, 0.6) is 0 Å². The minimum Gasteiger partial charge on any atom is -0.375 e. The van der Waals surface area contributed by atoms with Crippen LogP contribution in [0.1, 0.15) is 36.1 Å². The molecule has 21 heavy (non-hydrogen) atoms. The lowest BCUT2D eigenvalue weighted by Crippen LogP contribution is -2.32. The molecular formula is C14H22ClN5S. The lowest BCUT2D eigenvalue weighted by atomic mass is 9.91. The number of piperidine rings is 1. The van der Waals surface area contributed by atoms with Gasteiger partial charge >= 0.3 is 0 Å². The fraction of sp³-hybridized carbons (Fsp3) is 0.571. The van der Waals surface area contributed by atoms with Gasteiger partial charge in [0.25, 0.3) is 0 Å². The van der Waals surface area contributed by atoms with Crippen molar-refractivity contribution in [2.45, 2.75) is 38.8 Å². The van der Waals surface area contributed by atoms with Crippen molar-refractivity contribution < 1.29 is 0 Å². The van der Waals surface area contributed by atoms with Gasteiger partial charge in [-0.3, -0.25) is 9.58 Å². The summed E-state index contributed by atoms with van der Waals surface area (Å²) in [6, 6.07) is 0. The van der Waals surface area contributed by atoms with E-state index in [1.807, 2.05) is 17.1 Å². The molecule has 0 unspecified atom stereocenters. The Hall–Kier alpha value is -1.11. The topological polar surface area (TPSA) is 60.0 Å². The second-order valence-corrected chi connectivity index (χ2v) is 6.49. The number of rotatable bonds is 4. The molecule has 1 saturated heterocycles. The predicted molar refractivity (Wildman–Crippen MR) is 88.9 cm³/mol. The van der Waals surface area contributed by atoms with Crippen molar-refractivity contribution in [2.24, 2.45) is 0 Å². The smallest absolute Gasteiger partial charge is 0.180 e. The molecule has 0 aliphatic carbocycles. The van der Waals surface area contributed by atoms with Gasteiger partial charge in [0.2, 0.25) is 0 Å². The van der Waals surface area contributed by atoms with E-state index in [2.05, 4.69) is 28.1 Å². The van der Waals surface area contributed by atoms with Crippen LogP contribution in [0.25, 0.3) is 0 Å². The number of aromatic nitrogens is 3. The van der Waals surface area contributed by atoms with E-state index in [0.717, 1.165) is 26.2 Å². The Morgan fingerprint density at radius 2 is 2.10 bits per heavy atom. The van der Waals surface area contributed by atoms with Gasteiger partial charge in [0, 0.05) is 30.4 Å². The monoisotopic (exact) mass is 327 g/mol. The molecule has 0 radical (unpaired) electrons. The lowest BCUT2D eigenvalue weighted by Gasteiger charge is -2.31. The van der Waals surface area contributed by atoms with E-state index >= 15 is 0 Å². The minimum atomic E-state index is 0. The van der Waals surface area contributed by atoms with Gasteiger partial charge in [0.1, 0.15) is 0 Å². The van der Waals surface area contributed by atoms with Crippen LogP contribution < -0.4 is 5.73 Å². The summed E-state index contributed by atoms with van der Waals surface area (Å²) < 4.78 is 2.02. The van der Waals surface area contributed by atoms with Crippen molar-refractivity contribution in [1.82, 2.24) is 19.7 Å². The molecule has 1 aliphatic heterocycles. The van der Waals surface area contributed by atoms with Gasteiger partial charge in [-0.05, 0) is 44.3 Å². The Kier molecular flexibility index (Phi) is 5.61. The second kappa shape index (κ2) is 7.24. The summed E-state index contributed by atoms with van der Waals surface area (Å²) in [5.74, 6) is 0.665. The Morgan fingerprint density at radius 3 is 2.67 bits per heavy atom. The van der Waals surface area contributed by atoms with Crippen LogP contribution in [0.3, 0.4) is 0 Å². The molecule has 3 heterocycles. The first-order valence-electron chi connectivity index (χ1n) is 7.19. The minimum absolute atomic E-state index is 0. The number of hydrogen-bond donors (Lipinski definition) is 1. The summed E-state index contributed by atoms with van der Waals surface area (Å²) in [7, 11) is 0. The molecule has 2 N–H and O–H groups in total. The van der Waals surface area contributed by atoms with E-state index in [9.17, 15) is 0 Å². The van der Waals surface area contributed by atoms with Gasteiger partial charge in [-0.2, -0.15) is 5.10 Å². The highest BCUT2D eigenvalue weighted by molar-refractivity contribution is 7.15. The molecule has 0 spiro atoms. The van der Waals surface area contributed by atoms with Crippen LogP contribution in [0.15, 0.2) is 18.6 Å². The highest BCUT2D eigenvalue weighted by Gasteiger charge is 2.22. The van der Waals surface area contributed by atoms with Gasteiger partial charge < -0.3 is 5.73 Å². The molecule has 2 aromatic heterocycles. The quantitative estimate of drug-likeness (QED) is 0.938. The van der Waals surface area contributed by atoms with Crippen LogP contribution in [-0.4, -0.2) is 32.8 Å². The maximum Gasteiger partial charge on any atom is 0.180 e. The predicted octanol–water partition coefficient (Wildman–Crippen LogP) is 2.74. The maximum atomic E-state index is 5.68. The van der Waals surface area contributed by atoms with Gasteiger partial charge in [-0.15, -0.1) is 23.7 Å². The van der Waals surface area contributed by atoms with Crippen LogP contribution in [-0.2, 0) is 13.1 Å². The maximum absolute atomic E-state index is 5.68. The molecule has 1 aliphatic rings. The molecule has 116 valence electrons. The van der Waals surface area contributed by atoms with E-state index in [4.69, 9.17) is 5.73 Å². The van der Waals surface area contributed by atoms with E-state index in [1.54, 1.807) is 11.3 Å². The van der Waals surface area contributed by atoms with E-state index in [0.29, 0.717) is 11.0 Å². The van der Waals surface area contributed by atoms with Crippen LogP contribution in [0.4, 0.5) is 5.13 Å². The highest BCUT2D eigenvalue weighted by atomic mass is 35.5. The summed E-state index contributed by atoms with van der Waals surface area (Å²) in [6.07, 6.45) is 8.56. The third kappa shape index (κ3) is 3.96. The third-order valence-electron chi connectivity index (χ3n) is 3.99. The number of nitrogen functional groups attached to an aromatic ring is 1. The Balaban J connectivity index is 0.00000161. The van der Waals surface area contributed by atoms with E-state index in [-0.39, 0.29) is 12.4 Å². The number of hydrogen-bond acceptors (Lipinski definition) is 5. The second-order valence-electron chi connectivity index (χ2n) is 5.34. The first kappa shape index (κ1) is 16.3. The van der Waals surface area contributed by atoms with Gasteiger partial charge in [-0.1, -0.05) is 0 Å². The van der Waals surface area contributed by atoms with Crippen LogP contribution in [0.2, 0.25) is 0 Å². The van der Waals surface area contributed by atoms with Crippen LogP contribution in [0, 0.1) is 0 Å². The highest BCUT2D eigenvalue weighted by Crippen LogP contribution is 2.29. The number of nitrogens with zero attached hydrogens (tertiary/aromatic N) is 4. The number of nitrogens with two attached hydrogens (primary N) is 1. The molecule has 0 bridgehead atoms. The number of anilines is 1. The SMILES string of the molecule is CCn1cc(C2CCN(Cc3cnc(N)s3)CC2)cn1.Cl. The number of likely N-dealkylation sites (tertiary alicyclic amines) is 1. The van der Waals surface area contributed by atoms with Crippen molar-refractivity contribution in [3.63, 3.8) is 0 Å². The number of thiazole rings is 1. The van der Waals surface area contributed by atoms with Gasteiger partial charge in [0.15, 0.2) is 5.13 Å². The number of aryl methyl sites for hydroxylation is 1. The van der Waals surface area contributed by atoms with E-state index in [1.165, 1.54) is 23.3 Å². The van der Waals surface area contributed by atoms with Crippen molar-refractivity contribution in [2.75, 3.05) is 18.8 Å². The molecule has 2 aromatic rings. The zero-order valence-corrected chi connectivity index (χ0v) is 13.9. The number of halogens is 1. The normalized spacial score (nSPS) is 16.8. The van der Waals surface area contributed by atoms with Crippen LogP contribution >= 0.6 is 23.7 Å². The van der Waals surface area contributed by atoms with Crippen molar-refractivity contribution in [3.8, 4) is 0 Å². The van der Waals surface area contributed by atoms with Crippen molar-refractivity contribution in [3.05, 3.63) is 29.0 Å². The largest absolute Gasteiger partial charge is 0.375 e. The first-order chi connectivity index (χ1) is 9.74. The molecular weight excluding hydrogens is 306 g/mol. The Bertz CT molecular complexity index is 559. The molecule has 0 saturated carbocycles. The van der Waals surface area contributed by atoms with Crippen molar-refractivity contribution >= 4 is 28.9 Å².